The van der Waals surface area contributed by atoms with E-state index in [1.165, 1.54) is 5.22 Å². The molecule has 0 heterocycles. The molecule has 0 saturated carbocycles. The SMILES string of the molecule is C=c1cccc/c1=C/C.CP. The highest BCUT2D eigenvalue weighted by molar-refractivity contribution is 7.15. The lowest BCUT2D eigenvalue weighted by atomic mass is 10.2. The first-order valence-electron chi connectivity index (χ1n) is 3.62. The Morgan fingerprint density at radius 2 is 1.82 bits per heavy atom. The van der Waals surface area contributed by atoms with E-state index in [0.29, 0.717) is 0 Å². The van der Waals surface area contributed by atoms with E-state index < -0.39 is 0 Å². The van der Waals surface area contributed by atoms with Crippen LogP contribution in [0.25, 0.3) is 12.7 Å². The Balaban J connectivity index is 0.000000461. The minimum Gasteiger partial charge on any atom is -0.141 e. The second-order valence-electron chi connectivity index (χ2n) is 1.99. The Morgan fingerprint density at radius 1 is 1.27 bits per heavy atom. The summed E-state index contributed by atoms with van der Waals surface area (Å²) in [4.78, 5) is 0. The van der Waals surface area contributed by atoms with Gasteiger partial charge in [0.25, 0.3) is 0 Å². The van der Waals surface area contributed by atoms with E-state index >= 15 is 0 Å². The molecule has 60 valence electrons. The molecule has 0 aliphatic heterocycles. The summed E-state index contributed by atoms with van der Waals surface area (Å²) < 4.78 is 0. The van der Waals surface area contributed by atoms with E-state index in [1.54, 1.807) is 0 Å². The molecular weight excluding hydrogens is 151 g/mol. The molecule has 0 aromatic heterocycles. The topological polar surface area (TPSA) is 0 Å². The molecule has 0 aliphatic carbocycles. The van der Waals surface area contributed by atoms with Crippen LogP contribution in [0.5, 0.6) is 0 Å². The van der Waals surface area contributed by atoms with E-state index in [4.69, 9.17) is 0 Å². The molecule has 0 saturated heterocycles. The third kappa shape index (κ3) is 3.34. The van der Waals surface area contributed by atoms with Crippen LogP contribution in [0.3, 0.4) is 0 Å². The Labute approximate surface area is 70.8 Å². The van der Waals surface area contributed by atoms with Gasteiger partial charge in [-0.1, -0.05) is 43.6 Å². The molecule has 0 aliphatic rings. The van der Waals surface area contributed by atoms with Gasteiger partial charge >= 0.3 is 0 Å². The number of hydrogen-bond acceptors (Lipinski definition) is 0. The van der Waals surface area contributed by atoms with Gasteiger partial charge in [-0.25, -0.2) is 0 Å². The van der Waals surface area contributed by atoms with Crippen molar-refractivity contribution in [3.63, 3.8) is 0 Å². The average molecular weight is 166 g/mol. The van der Waals surface area contributed by atoms with Gasteiger partial charge in [-0.2, -0.15) is 0 Å². The fourth-order valence-electron chi connectivity index (χ4n) is 0.816. The largest absolute Gasteiger partial charge is 0.141 e. The van der Waals surface area contributed by atoms with Crippen molar-refractivity contribution in [3.05, 3.63) is 34.7 Å². The van der Waals surface area contributed by atoms with Gasteiger partial charge in [0.1, 0.15) is 0 Å². The molecule has 1 unspecified atom stereocenters. The van der Waals surface area contributed by atoms with Crippen molar-refractivity contribution in [2.75, 3.05) is 6.66 Å². The Kier molecular flexibility index (Phi) is 5.78. The normalized spacial score (nSPS) is 10.3. The second-order valence-corrected chi connectivity index (χ2v) is 1.99. The molecule has 1 aromatic carbocycles. The molecular formula is C10H15P. The molecule has 0 fully saturated rings. The zero-order valence-electron chi connectivity index (χ0n) is 7.17. The van der Waals surface area contributed by atoms with Crippen molar-refractivity contribution >= 4 is 21.9 Å². The minimum atomic E-state index is 1.10. The highest BCUT2D eigenvalue weighted by atomic mass is 31.0. The second kappa shape index (κ2) is 6.12. The van der Waals surface area contributed by atoms with Crippen molar-refractivity contribution in [1.82, 2.24) is 0 Å². The van der Waals surface area contributed by atoms with Crippen LogP contribution < -0.4 is 10.4 Å². The number of rotatable bonds is 0. The summed E-state index contributed by atoms with van der Waals surface area (Å²) in [5.74, 6) is 0. The van der Waals surface area contributed by atoms with Crippen LogP contribution in [0.15, 0.2) is 24.3 Å². The molecule has 0 radical (unpaired) electrons. The van der Waals surface area contributed by atoms with Crippen LogP contribution in [0.4, 0.5) is 0 Å². The Morgan fingerprint density at radius 3 is 2.18 bits per heavy atom. The molecule has 0 amide bonds. The molecule has 0 N–H and O–H groups in total. The van der Waals surface area contributed by atoms with Gasteiger partial charge in [0.15, 0.2) is 0 Å². The third-order valence-corrected chi connectivity index (χ3v) is 1.37. The summed E-state index contributed by atoms with van der Waals surface area (Å²) in [5.41, 5.74) is 0. The molecule has 0 bridgehead atoms. The lowest BCUT2D eigenvalue weighted by Crippen LogP contribution is -2.20. The molecule has 0 spiro atoms. The maximum Gasteiger partial charge on any atom is -0.0233 e. The van der Waals surface area contributed by atoms with E-state index in [-0.39, 0.29) is 0 Å². The predicted molar refractivity (Wildman–Crippen MR) is 57.0 cm³/mol. The number of benzene rings is 1. The minimum absolute atomic E-state index is 1.10. The van der Waals surface area contributed by atoms with Crippen molar-refractivity contribution < 1.29 is 0 Å². The maximum atomic E-state index is 3.86. The zero-order valence-corrected chi connectivity index (χ0v) is 8.33. The lowest BCUT2D eigenvalue weighted by Gasteiger charge is -1.82. The van der Waals surface area contributed by atoms with Crippen LogP contribution in [0.2, 0.25) is 0 Å². The van der Waals surface area contributed by atoms with E-state index in [9.17, 15) is 0 Å². The van der Waals surface area contributed by atoms with Gasteiger partial charge in [0.2, 0.25) is 0 Å². The maximum absolute atomic E-state index is 3.86. The molecule has 0 nitrogen and oxygen atoms in total. The molecule has 1 atom stereocenters. The summed E-state index contributed by atoms with van der Waals surface area (Å²) in [6, 6.07) is 8.08. The van der Waals surface area contributed by atoms with Crippen LogP contribution in [0.1, 0.15) is 6.92 Å². The van der Waals surface area contributed by atoms with Gasteiger partial charge in [-0.05, 0) is 17.4 Å². The molecule has 11 heavy (non-hydrogen) atoms. The van der Waals surface area contributed by atoms with Crippen LogP contribution in [-0.2, 0) is 0 Å². The smallest absolute Gasteiger partial charge is 0.0233 e. The molecule has 1 heteroatoms. The quantitative estimate of drug-likeness (QED) is 0.511. The van der Waals surface area contributed by atoms with E-state index in [0.717, 1.165) is 5.22 Å². The summed E-state index contributed by atoms with van der Waals surface area (Å²) in [5, 5.41) is 2.32. The van der Waals surface area contributed by atoms with Crippen molar-refractivity contribution in [1.29, 1.82) is 0 Å². The molecule has 1 aromatic rings. The third-order valence-electron chi connectivity index (χ3n) is 1.37. The first kappa shape index (κ1) is 10.4. The summed E-state index contributed by atoms with van der Waals surface area (Å²) in [6.45, 7) is 7.79. The van der Waals surface area contributed by atoms with Gasteiger partial charge in [-0.3, -0.25) is 0 Å². The highest BCUT2D eigenvalue weighted by Crippen LogP contribution is 1.68. The van der Waals surface area contributed by atoms with Gasteiger partial charge in [-0.15, -0.1) is 9.24 Å². The molecule has 1 rings (SSSR count). The fourth-order valence-corrected chi connectivity index (χ4v) is 0.816. The summed E-state index contributed by atoms with van der Waals surface area (Å²) >= 11 is 0. The predicted octanol–water partition coefficient (Wildman–Crippen LogP) is 1.39. The van der Waals surface area contributed by atoms with Gasteiger partial charge in [0.05, 0.1) is 0 Å². The van der Waals surface area contributed by atoms with E-state index in [2.05, 4.69) is 28.0 Å². The Bertz CT molecular complexity index is 288. The van der Waals surface area contributed by atoms with Crippen molar-refractivity contribution in [3.8, 4) is 0 Å². The monoisotopic (exact) mass is 166 g/mol. The standard InChI is InChI=1S/C9H10.CH5P/c1-3-9-7-5-4-6-8(9)2;1-2/h3-7H,2H2,1H3;2H2,1H3/b9-3-;. The van der Waals surface area contributed by atoms with Gasteiger partial charge in [0, 0.05) is 0 Å². The average Bonchev–Trinajstić information content (AvgIpc) is 2.09. The van der Waals surface area contributed by atoms with Crippen molar-refractivity contribution in [2.45, 2.75) is 6.92 Å². The zero-order chi connectivity index (χ0) is 8.69. The van der Waals surface area contributed by atoms with Crippen LogP contribution >= 0.6 is 9.24 Å². The van der Waals surface area contributed by atoms with Gasteiger partial charge < -0.3 is 0 Å². The summed E-state index contributed by atoms with van der Waals surface area (Å²) in [7, 11) is 2.42. The first-order valence-corrected chi connectivity index (χ1v) is 4.78. The lowest BCUT2D eigenvalue weighted by molar-refractivity contribution is 1.52. The van der Waals surface area contributed by atoms with Crippen LogP contribution in [-0.4, -0.2) is 6.66 Å². The van der Waals surface area contributed by atoms with Crippen molar-refractivity contribution in [2.24, 2.45) is 0 Å². The first-order chi connectivity index (χ1) is 5.34. The Hall–Kier alpha value is -0.610. The fraction of sp³-hybridized carbons (Fsp3) is 0.200. The summed E-state index contributed by atoms with van der Waals surface area (Å²) in [6.07, 6.45) is 2.06. The highest BCUT2D eigenvalue weighted by Gasteiger charge is 1.74. The number of hydrogen-bond donors (Lipinski definition) is 0. The van der Waals surface area contributed by atoms with Crippen LogP contribution in [0, 0.1) is 0 Å². The van der Waals surface area contributed by atoms with E-state index in [1.807, 2.05) is 31.8 Å².